The van der Waals surface area contributed by atoms with E-state index in [-0.39, 0.29) is 12.1 Å². The summed E-state index contributed by atoms with van der Waals surface area (Å²) in [6, 6.07) is 5.27. The summed E-state index contributed by atoms with van der Waals surface area (Å²) in [5, 5.41) is 0. The number of rotatable bonds is 5. The standard InChI is InChI=1S/C15H22N2O3/c1-3-19-15(18)11-6-7-14(13(16)9-11)17(2)10-12-5-4-8-20-12/h6-7,9,12H,3-5,8,10,16H2,1-2H3. The highest BCUT2D eigenvalue weighted by Gasteiger charge is 2.19. The Bertz CT molecular complexity index is 470. The second kappa shape index (κ2) is 6.61. The van der Waals surface area contributed by atoms with Gasteiger partial charge in [-0.3, -0.25) is 0 Å². The molecular weight excluding hydrogens is 256 g/mol. The predicted octanol–water partition coefficient (Wildman–Crippen LogP) is 2.06. The van der Waals surface area contributed by atoms with Crippen LogP contribution in [0.25, 0.3) is 0 Å². The Kier molecular flexibility index (Phi) is 4.84. The van der Waals surface area contributed by atoms with Gasteiger partial charge in [0.1, 0.15) is 0 Å². The van der Waals surface area contributed by atoms with Gasteiger partial charge in [0, 0.05) is 20.2 Å². The van der Waals surface area contributed by atoms with Gasteiger partial charge < -0.3 is 20.1 Å². The molecule has 5 nitrogen and oxygen atoms in total. The highest BCUT2D eigenvalue weighted by Crippen LogP contribution is 2.25. The van der Waals surface area contributed by atoms with E-state index in [1.807, 2.05) is 13.1 Å². The maximum atomic E-state index is 11.6. The number of ether oxygens (including phenoxy) is 2. The van der Waals surface area contributed by atoms with Crippen molar-refractivity contribution in [3.05, 3.63) is 23.8 Å². The number of nitrogens with two attached hydrogens (primary N) is 1. The van der Waals surface area contributed by atoms with Gasteiger partial charge in [0.05, 0.1) is 29.6 Å². The van der Waals surface area contributed by atoms with Crippen molar-refractivity contribution in [2.45, 2.75) is 25.9 Å². The molecule has 20 heavy (non-hydrogen) atoms. The Balaban J connectivity index is 2.06. The van der Waals surface area contributed by atoms with Crippen molar-refractivity contribution >= 4 is 17.3 Å². The molecule has 110 valence electrons. The molecule has 0 amide bonds. The van der Waals surface area contributed by atoms with E-state index in [4.69, 9.17) is 15.2 Å². The molecule has 0 aliphatic carbocycles. The van der Waals surface area contributed by atoms with Gasteiger partial charge in [-0.05, 0) is 38.0 Å². The monoisotopic (exact) mass is 278 g/mol. The van der Waals surface area contributed by atoms with Crippen molar-refractivity contribution in [3.8, 4) is 0 Å². The number of nitrogens with zero attached hydrogens (tertiary/aromatic N) is 1. The van der Waals surface area contributed by atoms with E-state index in [0.717, 1.165) is 31.7 Å². The minimum atomic E-state index is -0.340. The smallest absolute Gasteiger partial charge is 0.338 e. The Labute approximate surface area is 119 Å². The van der Waals surface area contributed by atoms with Crippen LogP contribution in [0.15, 0.2) is 18.2 Å². The molecule has 1 aliphatic heterocycles. The maximum Gasteiger partial charge on any atom is 0.338 e. The molecular formula is C15H22N2O3. The first-order valence-electron chi connectivity index (χ1n) is 7.01. The van der Waals surface area contributed by atoms with Gasteiger partial charge in [-0.2, -0.15) is 0 Å². The number of benzene rings is 1. The fourth-order valence-corrected chi connectivity index (χ4v) is 2.44. The molecule has 5 heteroatoms. The molecule has 0 radical (unpaired) electrons. The molecule has 0 aromatic heterocycles. The summed E-state index contributed by atoms with van der Waals surface area (Å²) in [5.41, 5.74) is 8.02. The lowest BCUT2D eigenvalue weighted by Crippen LogP contribution is -2.29. The van der Waals surface area contributed by atoms with Crippen LogP contribution in [0.3, 0.4) is 0 Å². The highest BCUT2D eigenvalue weighted by atomic mass is 16.5. The highest BCUT2D eigenvalue weighted by molar-refractivity contribution is 5.92. The van der Waals surface area contributed by atoms with Gasteiger partial charge in [0.15, 0.2) is 0 Å². The molecule has 0 saturated carbocycles. The van der Waals surface area contributed by atoms with E-state index < -0.39 is 0 Å². The number of carbonyl (C=O) groups is 1. The number of hydrogen-bond acceptors (Lipinski definition) is 5. The Morgan fingerprint density at radius 2 is 2.35 bits per heavy atom. The molecule has 1 heterocycles. The van der Waals surface area contributed by atoms with Crippen LogP contribution in [0.5, 0.6) is 0 Å². The summed E-state index contributed by atoms with van der Waals surface area (Å²) in [4.78, 5) is 13.7. The summed E-state index contributed by atoms with van der Waals surface area (Å²) in [5.74, 6) is -0.340. The van der Waals surface area contributed by atoms with Crippen LogP contribution in [-0.2, 0) is 9.47 Å². The number of likely N-dealkylation sites (N-methyl/N-ethyl adjacent to an activating group) is 1. The topological polar surface area (TPSA) is 64.8 Å². The lowest BCUT2D eigenvalue weighted by Gasteiger charge is -2.24. The molecule has 1 aliphatic rings. The molecule has 1 atom stereocenters. The van der Waals surface area contributed by atoms with E-state index in [9.17, 15) is 4.79 Å². The van der Waals surface area contributed by atoms with Crippen LogP contribution in [0.4, 0.5) is 11.4 Å². The van der Waals surface area contributed by atoms with Crippen molar-refractivity contribution in [1.82, 2.24) is 0 Å². The van der Waals surface area contributed by atoms with Crippen LogP contribution in [-0.4, -0.2) is 38.9 Å². The van der Waals surface area contributed by atoms with E-state index in [2.05, 4.69) is 4.90 Å². The Hall–Kier alpha value is -1.75. The zero-order chi connectivity index (χ0) is 14.5. The number of hydrogen-bond donors (Lipinski definition) is 1. The molecule has 1 unspecified atom stereocenters. The second-order valence-corrected chi connectivity index (χ2v) is 5.01. The van der Waals surface area contributed by atoms with Gasteiger partial charge in [-0.1, -0.05) is 0 Å². The van der Waals surface area contributed by atoms with Crippen molar-refractivity contribution in [1.29, 1.82) is 0 Å². The minimum absolute atomic E-state index is 0.268. The third-order valence-electron chi connectivity index (χ3n) is 3.45. The molecule has 2 rings (SSSR count). The molecule has 0 spiro atoms. The summed E-state index contributed by atoms with van der Waals surface area (Å²) in [7, 11) is 1.98. The van der Waals surface area contributed by atoms with Crippen molar-refractivity contribution in [2.75, 3.05) is 37.4 Å². The zero-order valence-electron chi connectivity index (χ0n) is 12.1. The largest absolute Gasteiger partial charge is 0.462 e. The third-order valence-corrected chi connectivity index (χ3v) is 3.45. The molecule has 0 bridgehead atoms. The quantitative estimate of drug-likeness (QED) is 0.659. The van der Waals surface area contributed by atoms with Crippen LogP contribution >= 0.6 is 0 Å². The SMILES string of the molecule is CCOC(=O)c1ccc(N(C)CC2CCCO2)c(N)c1. The Morgan fingerprint density at radius 3 is 2.95 bits per heavy atom. The average Bonchev–Trinajstić information content (AvgIpc) is 2.91. The molecule has 1 fully saturated rings. The zero-order valence-corrected chi connectivity index (χ0v) is 12.1. The van der Waals surface area contributed by atoms with Crippen LogP contribution in [0.2, 0.25) is 0 Å². The summed E-state index contributed by atoms with van der Waals surface area (Å²) in [6.45, 7) is 3.79. The molecule has 1 aromatic rings. The van der Waals surface area contributed by atoms with Crippen molar-refractivity contribution < 1.29 is 14.3 Å². The first-order valence-corrected chi connectivity index (χ1v) is 7.01. The number of carbonyl (C=O) groups excluding carboxylic acids is 1. The van der Waals surface area contributed by atoms with Crippen LogP contribution in [0.1, 0.15) is 30.1 Å². The molecule has 1 saturated heterocycles. The van der Waals surface area contributed by atoms with Crippen molar-refractivity contribution in [2.24, 2.45) is 0 Å². The van der Waals surface area contributed by atoms with Gasteiger partial charge in [0.2, 0.25) is 0 Å². The Morgan fingerprint density at radius 1 is 1.55 bits per heavy atom. The second-order valence-electron chi connectivity index (χ2n) is 5.01. The van der Waals surface area contributed by atoms with E-state index in [1.165, 1.54) is 0 Å². The lowest BCUT2D eigenvalue weighted by molar-refractivity contribution is 0.0526. The summed E-state index contributed by atoms with van der Waals surface area (Å²) in [6.07, 6.45) is 2.48. The van der Waals surface area contributed by atoms with Crippen molar-refractivity contribution in [3.63, 3.8) is 0 Å². The minimum Gasteiger partial charge on any atom is -0.462 e. The molecule has 1 aromatic carbocycles. The molecule has 2 N–H and O–H groups in total. The third kappa shape index (κ3) is 3.42. The maximum absolute atomic E-state index is 11.6. The van der Waals surface area contributed by atoms with Gasteiger partial charge in [0.25, 0.3) is 0 Å². The van der Waals surface area contributed by atoms with Crippen LogP contribution < -0.4 is 10.6 Å². The number of anilines is 2. The van der Waals surface area contributed by atoms with E-state index >= 15 is 0 Å². The normalized spacial score (nSPS) is 18.0. The first-order chi connectivity index (χ1) is 9.61. The number of nitrogen functional groups attached to an aromatic ring is 1. The summed E-state index contributed by atoms with van der Waals surface area (Å²) >= 11 is 0. The fraction of sp³-hybridized carbons (Fsp3) is 0.533. The lowest BCUT2D eigenvalue weighted by atomic mass is 10.1. The first kappa shape index (κ1) is 14.7. The van der Waals surface area contributed by atoms with Gasteiger partial charge >= 0.3 is 5.97 Å². The summed E-state index contributed by atoms with van der Waals surface area (Å²) < 4.78 is 10.6. The van der Waals surface area contributed by atoms with Gasteiger partial charge in [-0.25, -0.2) is 4.79 Å². The predicted molar refractivity (Wildman–Crippen MR) is 79.1 cm³/mol. The van der Waals surface area contributed by atoms with Crippen LogP contribution in [0, 0.1) is 0 Å². The van der Waals surface area contributed by atoms with Gasteiger partial charge in [-0.15, -0.1) is 0 Å². The van der Waals surface area contributed by atoms with E-state index in [1.54, 1.807) is 19.1 Å². The average molecular weight is 278 g/mol. The number of esters is 1. The fourth-order valence-electron chi connectivity index (χ4n) is 2.44. The van der Waals surface area contributed by atoms with E-state index in [0.29, 0.717) is 17.9 Å².